The molecule has 1 aliphatic carbocycles. The lowest BCUT2D eigenvalue weighted by molar-refractivity contribution is 0.0730. The molecule has 3 rings (SSSR count). The Bertz CT molecular complexity index is 630. The van der Waals surface area contributed by atoms with Crippen molar-refractivity contribution in [1.82, 2.24) is 9.88 Å². The van der Waals surface area contributed by atoms with E-state index in [2.05, 4.69) is 4.98 Å². The van der Waals surface area contributed by atoms with Crippen molar-refractivity contribution in [3.05, 3.63) is 59.4 Å². The second-order valence-corrected chi connectivity index (χ2v) is 5.65. The molecule has 0 bridgehead atoms. The molecule has 0 unspecified atom stereocenters. The maximum atomic E-state index is 12.8. The zero-order valence-corrected chi connectivity index (χ0v) is 12.1. The minimum absolute atomic E-state index is 0.0599. The van der Waals surface area contributed by atoms with Crippen LogP contribution in [0.4, 0.5) is 5.69 Å². The SMILES string of the molecule is Cc1cc(N)cc(C(=O)N(Cc2ccncc2)C2CC2)c1. The predicted molar refractivity (Wildman–Crippen MR) is 82.7 cm³/mol. The van der Waals surface area contributed by atoms with Crippen molar-refractivity contribution in [1.29, 1.82) is 0 Å². The van der Waals surface area contributed by atoms with E-state index in [0.717, 1.165) is 24.0 Å². The number of hydrogen-bond donors (Lipinski definition) is 1. The largest absolute Gasteiger partial charge is 0.399 e. The van der Waals surface area contributed by atoms with Gasteiger partial charge in [-0.15, -0.1) is 0 Å². The third-order valence-electron chi connectivity index (χ3n) is 3.70. The second kappa shape index (κ2) is 5.56. The number of aromatic nitrogens is 1. The molecule has 0 radical (unpaired) electrons. The highest BCUT2D eigenvalue weighted by molar-refractivity contribution is 5.95. The number of carbonyl (C=O) groups is 1. The standard InChI is InChI=1S/C17H19N3O/c1-12-8-14(10-15(18)9-12)17(21)20(16-2-3-16)11-13-4-6-19-7-5-13/h4-10,16H,2-3,11,18H2,1H3. The number of anilines is 1. The number of hydrogen-bond acceptors (Lipinski definition) is 3. The first kappa shape index (κ1) is 13.6. The molecule has 1 fully saturated rings. The molecule has 0 saturated heterocycles. The molecule has 0 spiro atoms. The number of amides is 1. The summed E-state index contributed by atoms with van der Waals surface area (Å²) in [6.07, 6.45) is 5.68. The number of nitrogens with zero attached hydrogens (tertiary/aromatic N) is 2. The van der Waals surface area contributed by atoms with Crippen LogP contribution in [0.25, 0.3) is 0 Å². The summed E-state index contributed by atoms with van der Waals surface area (Å²) < 4.78 is 0. The van der Waals surface area contributed by atoms with E-state index in [1.54, 1.807) is 18.5 Å². The average molecular weight is 281 g/mol. The Morgan fingerprint density at radius 3 is 2.62 bits per heavy atom. The second-order valence-electron chi connectivity index (χ2n) is 5.65. The van der Waals surface area contributed by atoms with E-state index < -0.39 is 0 Å². The Kier molecular flexibility index (Phi) is 3.60. The number of nitrogens with two attached hydrogens (primary N) is 1. The van der Waals surface area contributed by atoms with Gasteiger partial charge in [-0.25, -0.2) is 0 Å². The number of pyridine rings is 1. The van der Waals surface area contributed by atoms with Crippen molar-refractivity contribution < 1.29 is 4.79 Å². The molecule has 1 saturated carbocycles. The van der Waals surface area contributed by atoms with E-state index in [9.17, 15) is 4.79 Å². The fourth-order valence-electron chi connectivity index (χ4n) is 2.54. The number of aryl methyl sites for hydroxylation is 1. The van der Waals surface area contributed by atoms with Crippen LogP contribution in [0.5, 0.6) is 0 Å². The monoisotopic (exact) mass is 281 g/mol. The highest BCUT2D eigenvalue weighted by atomic mass is 16.2. The molecule has 1 aromatic heterocycles. The molecule has 108 valence electrons. The maximum Gasteiger partial charge on any atom is 0.254 e. The molecular weight excluding hydrogens is 262 g/mol. The van der Waals surface area contributed by atoms with Gasteiger partial charge in [0.1, 0.15) is 0 Å². The van der Waals surface area contributed by atoms with Crippen LogP contribution in [-0.2, 0) is 6.54 Å². The molecule has 0 aliphatic heterocycles. The van der Waals surface area contributed by atoms with E-state index in [4.69, 9.17) is 5.73 Å². The lowest BCUT2D eigenvalue weighted by Gasteiger charge is -2.23. The molecule has 1 aromatic carbocycles. The molecule has 0 atom stereocenters. The van der Waals surface area contributed by atoms with Crippen LogP contribution in [-0.4, -0.2) is 21.8 Å². The van der Waals surface area contributed by atoms with Gasteiger partial charge in [0.05, 0.1) is 0 Å². The number of rotatable bonds is 4. The van der Waals surface area contributed by atoms with Gasteiger partial charge in [0.15, 0.2) is 0 Å². The molecule has 4 nitrogen and oxygen atoms in total. The van der Waals surface area contributed by atoms with E-state index in [-0.39, 0.29) is 5.91 Å². The zero-order valence-electron chi connectivity index (χ0n) is 12.1. The summed E-state index contributed by atoms with van der Waals surface area (Å²) in [5.41, 5.74) is 9.29. The molecule has 1 amide bonds. The van der Waals surface area contributed by atoms with Gasteiger partial charge in [-0.1, -0.05) is 0 Å². The number of benzene rings is 1. The Balaban J connectivity index is 1.85. The fourth-order valence-corrected chi connectivity index (χ4v) is 2.54. The van der Waals surface area contributed by atoms with Gasteiger partial charge in [0.25, 0.3) is 5.91 Å². The molecule has 1 heterocycles. The summed E-state index contributed by atoms with van der Waals surface area (Å²) in [5, 5.41) is 0. The van der Waals surface area contributed by atoms with Gasteiger partial charge in [0, 0.05) is 36.2 Å². The third kappa shape index (κ3) is 3.21. The first-order chi connectivity index (χ1) is 10.1. The quantitative estimate of drug-likeness (QED) is 0.877. The van der Waals surface area contributed by atoms with Crippen molar-refractivity contribution in [3.63, 3.8) is 0 Å². The van der Waals surface area contributed by atoms with Crippen molar-refractivity contribution in [3.8, 4) is 0 Å². The molecule has 21 heavy (non-hydrogen) atoms. The van der Waals surface area contributed by atoms with Crippen LogP contribution >= 0.6 is 0 Å². The van der Waals surface area contributed by atoms with Crippen LogP contribution in [0.1, 0.15) is 34.3 Å². The summed E-state index contributed by atoms with van der Waals surface area (Å²) in [5.74, 6) is 0.0599. The maximum absolute atomic E-state index is 12.8. The highest BCUT2D eigenvalue weighted by Crippen LogP contribution is 2.30. The minimum Gasteiger partial charge on any atom is -0.399 e. The molecule has 2 N–H and O–H groups in total. The lowest BCUT2D eigenvalue weighted by Crippen LogP contribution is -2.32. The Hall–Kier alpha value is -2.36. The van der Waals surface area contributed by atoms with Crippen LogP contribution < -0.4 is 5.73 Å². The van der Waals surface area contributed by atoms with Gasteiger partial charge in [0.2, 0.25) is 0 Å². The summed E-state index contributed by atoms with van der Waals surface area (Å²) >= 11 is 0. The smallest absolute Gasteiger partial charge is 0.254 e. The predicted octanol–water partition coefficient (Wildman–Crippen LogP) is 2.78. The summed E-state index contributed by atoms with van der Waals surface area (Å²) in [4.78, 5) is 18.8. The van der Waals surface area contributed by atoms with E-state index in [1.807, 2.05) is 36.1 Å². The lowest BCUT2D eigenvalue weighted by atomic mass is 10.1. The van der Waals surface area contributed by atoms with E-state index in [1.165, 1.54) is 0 Å². The van der Waals surface area contributed by atoms with Crippen molar-refractivity contribution in [2.45, 2.75) is 32.4 Å². The Morgan fingerprint density at radius 2 is 2.00 bits per heavy atom. The van der Waals surface area contributed by atoms with Crippen LogP contribution in [0.15, 0.2) is 42.7 Å². The Labute approximate surface area is 124 Å². The normalized spacial score (nSPS) is 14.0. The molecule has 2 aromatic rings. The van der Waals surface area contributed by atoms with Gasteiger partial charge in [-0.3, -0.25) is 9.78 Å². The fraction of sp³-hybridized carbons (Fsp3) is 0.294. The van der Waals surface area contributed by atoms with Crippen LogP contribution in [0.2, 0.25) is 0 Å². The van der Waals surface area contributed by atoms with Crippen LogP contribution in [0, 0.1) is 6.92 Å². The van der Waals surface area contributed by atoms with E-state index in [0.29, 0.717) is 23.8 Å². The van der Waals surface area contributed by atoms with Gasteiger partial charge >= 0.3 is 0 Å². The minimum atomic E-state index is 0.0599. The highest BCUT2D eigenvalue weighted by Gasteiger charge is 2.33. The summed E-state index contributed by atoms with van der Waals surface area (Å²) in [6, 6.07) is 9.80. The first-order valence-electron chi connectivity index (χ1n) is 7.20. The topological polar surface area (TPSA) is 59.2 Å². The first-order valence-corrected chi connectivity index (χ1v) is 7.20. The van der Waals surface area contributed by atoms with Crippen molar-refractivity contribution in [2.75, 3.05) is 5.73 Å². The summed E-state index contributed by atoms with van der Waals surface area (Å²) in [6.45, 7) is 2.58. The molecule has 4 heteroatoms. The zero-order chi connectivity index (χ0) is 14.8. The molecule has 1 aliphatic rings. The van der Waals surface area contributed by atoms with E-state index >= 15 is 0 Å². The average Bonchev–Trinajstić information content (AvgIpc) is 3.29. The van der Waals surface area contributed by atoms with Gasteiger partial charge in [-0.05, 0) is 61.2 Å². The summed E-state index contributed by atoms with van der Waals surface area (Å²) in [7, 11) is 0. The Morgan fingerprint density at radius 1 is 1.29 bits per heavy atom. The van der Waals surface area contributed by atoms with Crippen molar-refractivity contribution in [2.24, 2.45) is 0 Å². The number of nitrogen functional groups attached to an aromatic ring is 1. The third-order valence-corrected chi connectivity index (χ3v) is 3.70. The van der Waals surface area contributed by atoms with Gasteiger partial charge in [-0.2, -0.15) is 0 Å². The molecular formula is C17H19N3O. The van der Waals surface area contributed by atoms with Crippen LogP contribution in [0.3, 0.4) is 0 Å². The number of carbonyl (C=O) groups excluding carboxylic acids is 1. The van der Waals surface area contributed by atoms with Crippen molar-refractivity contribution >= 4 is 11.6 Å². The van der Waals surface area contributed by atoms with Gasteiger partial charge < -0.3 is 10.6 Å².